The summed E-state index contributed by atoms with van der Waals surface area (Å²) in [7, 11) is 0. The zero-order valence-electron chi connectivity index (χ0n) is 11.7. The second-order valence-electron chi connectivity index (χ2n) is 4.43. The summed E-state index contributed by atoms with van der Waals surface area (Å²) in [5.74, 6) is -0.508. The highest BCUT2D eigenvalue weighted by molar-refractivity contribution is 7.11. The van der Waals surface area contributed by atoms with Crippen molar-refractivity contribution in [2.75, 3.05) is 5.32 Å². The number of carbonyl (C=O) groups excluding carboxylic acids is 2. The van der Waals surface area contributed by atoms with Gasteiger partial charge >= 0.3 is 0 Å². The molecule has 0 aliphatic heterocycles. The minimum atomic E-state index is -0.326. The second kappa shape index (κ2) is 6.81. The van der Waals surface area contributed by atoms with Crippen LogP contribution in [0.25, 0.3) is 0 Å². The van der Waals surface area contributed by atoms with Gasteiger partial charge in [-0.05, 0) is 42.1 Å². The summed E-state index contributed by atoms with van der Waals surface area (Å²) in [6.45, 7) is 3.40. The Bertz CT molecular complexity index is 692. The number of aryl methyl sites for hydroxylation is 1. The van der Waals surface area contributed by atoms with E-state index in [1.54, 1.807) is 41.8 Å². The maximum Gasteiger partial charge on any atom is 0.271 e. The maximum atomic E-state index is 12.0. The average molecular weight is 301 g/mol. The third-order valence-electron chi connectivity index (χ3n) is 2.69. The summed E-state index contributed by atoms with van der Waals surface area (Å²) in [6, 6.07) is 8.67. The van der Waals surface area contributed by atoms with Crippen LogP contribution in [0, 0.1) is 6.92 Å². The predicted octanol–water partition coefficient (Wildman–Crippen LogP) is 2.78. The third-order valence-corrected chi connectivity index (χ3v) is 3.65. The van der Waals surface area contributed by atoms with E-state index in [0.717, 1.165) is 10.4 Å². The number of anilines is 1. The Hall–Kier alpha value is -2.47. The van der Waals surface area contributed by atoms with E-state index in [1.165, 1.54) is 6.92 Å². The molecule has 1 heterocycles. The van der Waals surface area contributed by atoms with Crippen molar-refractivity contribution in [1.29, 1.82) is 0 Å². The highest BCUT2D eigenvalue weighted by Crippen LogP contribution is 2.13. The van der Waals surface area contributed by atoms with Crippen molar-refractivity contribution in [3.63, 3.8) is 0 Å². The Labute approximate surface area is 126 Å². The molecule has 0 aliphatic carbocycles. The largest absolute Gasteiger partial charge is 0.326 e. The number of hydrazone groups is 1. The Morgan fingerprint density at radius 1 is 1.29 bits per heavy atom. The highest BCUT2D eigenvalue weighted by atomic mass is 32.1. The Kier molecular flexibility index (Phi) is 4.84. The molecule has 0 saturated carbocycles. The number of rotatable bonds is 4. The number of hydrogen-bond acceptors (Lipinski definition) is 4. The Balaban J connectivity index is 2.02. The molecule has 1 aromatic heterocycles. The lowest BCUT2D eigenvalue weighted by Gasteiger charge is -2.04. The van der Waals surface area contributed by atoms with Crippen LogP contribution < -0.4 is 10.7 Å². The summed E-state index contributed by atoms with van der Waals surface area (Å²) in [6.07, 6.45) is 1.62. The van der Waals surface area contributed by atoms with Crippen LogP contribution in [-0.4, -0.2) is 18.0 Å². The van der Waals surface area contributed by atoms with E-state index in [1.807, 2.05) is 18.4 Å². The van der Waals surface area contributed by atoms with Gasteiger partial charge in [-0.2, -0.15) is 5.10 Å². The van der Waals surface area contributed by atoms with E-state index < -0.39 is 0 Å². The standard InChI is InChI=1S/C15H15N3O2S/c1-10-6-7-21-14(10)9-16-18-15(20)12-4-3-5-13(8-12)17-11(2)19/h3-9H,1-2H3,(H,17,19)(H,18,20)/b16-9-. The molecule has 2 aromatic rings. The minimum Gasteiger partial charge on any atom is -0.326 e. The van der Waals surface area contributed by atoms with Crippen molar-refractivity contribution in [2.24, 2.45) is 5.10 Å². The van der Waals surface area contributed by atoms with Crippen LogP contribution in [0.5, 0.6) is 0 Å². The van der Waals surface area contributed by atoms with E-state index in [4.69, 9.17) is 0 Å². The molecule has 0 atom stereocenters. The SMILES string of the molecule is CC(=O)Nc1cccc(C(=O)N/N=C\c2sccc2C)c1. The number of amides is 2. The normalized spacial score (nSPS) is 10.6. The number of hydrogen-bond donors (Lipinski definition) is 2. The number of nitrogens with one attached hydrogen (secondary N) is 2. The monoisotopic (exact) mass is 301 g/mol. The molecule has 5 nitrogen and oxygen atoms in total. The molecule has 0 unspecified atom stereocenters. The number of benzene rings is 1. The highest BCUT2D eigenvalue weighted by Gasteiger charge is 2.05. The van der Waals surface area contributed by atoms with Gasteiger partial charge in [0.05, 0.1) is 6.21 Å². The van der Waals surface area contributed by atoms with Crippen molar-refractivity contribution >= 4 is 35.1 Å². The smallest absolute Gasteiger partial charge is 0.271 e. The average Bonchev–Trinajstić information content (AvgIpc) is 2.84. The molecule has 0 fully saturated rings. The van der Waals surface area contributed by atoms with Gasteiger partial charge in [-0.3, -0.25) is 9.59 Å². The van der Waals surface area contributed by atoms with Crippen LogP contribution in [0.1, 0.15) is 27.7 Å². The molecule has 0 bridgehead atoms. The van der Waals surface area contributed by atoms with Gasteiger partial charge in [0.1, 0.15) is 0 Å². The van der Waals surface area contributed by atoms with Crippen molar-refractivity contribution in [3.05, 3.63) is 51.7 Å². The summed E-state index contributed by atoms with van der Waals surface area (Å²) in [5, 5.41) is 8.54. The van der Waals surface area contributed by atoms with Crippen LogP contribution in [-0.2, 0) is 4.79 Å². The molecule has 0 aliphatic rings. The zero-order chi connectivity index (χ0) is 15.2. The summed E-state index contributed by atoms with van der Waals surface area (Å²) in [5.41, 5.74) is 4.59. The molecule has 108 valence electrons. The Morgan fingerprint density at radius 3 is 2.76 bits per heavy atom. The van der Waals surface area contributed by atoms with Crippen LogP contribution in [0.2, 0.25) is 0 Å². The zero-order valence-corrected chi connectivity index (χ0v) is 12.5. The molecule has 6 heteroatoms. The van der Waals surface area contributed by atoms with E-state index in [-0.39, 0.29) is 11.8 Å². The van der Waals surface area contributed by atoms with Crippen LogP contribution >= 0.6 is 11.3 Å². The van der Waals surface area contributed by atoms with E-state index in [2.05, 4.69) is 15.8 Å². The second-order valence-corrected chi connectivity index (χ2v) is 5.38. The van der Waals surface area contributed by atoms with Gasteiger partial charge in [0.2, 0.25) is 5.91 Å². The van der Waals surface area contributed by atoms with E-state index in [9.17, 15) is 9.59 Å². The third kappa shape index (κ3) is 4.25. The maximum absolute atomic E-state index is 12.0. The number of thiophene rings is 1. The van der Waals surface area contributed by atoms with Gasteiger partial charge in [0.25, 0.3) is 5.91 Å². The number of carbonyl (C=O) groups is 2. The molecular weight excluding hydrogens is 286 g/mol. The molecule has 2 rings (SSSR count). The van der Waals surface area contributed by atoms with Crippen LogP contribution in [0.15, 0.2) is 40.8 Å². The topological polar surface area (TPSA) is 70.6 Å². The molecule has 2 amide bonds. The molecule has 0 spiro atoms. The first-order valence-corrected chi connectivity index (χ1v) is 7.19. The molecule has 1 aromatic carbocycles. The van der Waals surface area contributed by atoms with Crippen LogP contribution in [0.4, 0.5) is 5.69 Å². The van der Waals surface area contributed by atoms with E-state index in [0.29, 0.717) is 11.3 Å². The predicted molar refractivity (Wildman–Crippen MR) is 84.9 cm³/mol. The van der Waals surface area contributed by atoms with Crippen molar-refractivity contribution < 1.29 is 9.59 Å². The van der Waals surface area contributed by atoms with E-state index >= 15 is 0 Å². The molecule has 21 heavy (non-hydrogen) atoms. The van der Waals surface area contributed by atoms with Gasteiger partial charge in [0, 0.05) is 23.1 Å². The van der Waals surface area contributed by atoms with Gasteiger partial charge in [-0.25, -0.2) is 5.43 Å². The lowest BCUT2D eigenvalue weighted by molar-refractivity contribution is -0.114. The molecule has 0 saturated heterocycles. The lowest BCUT2D eigenvalue weighted by atomic mass is 10.2. The lowest BCUT2D eigenvalue weighted by Crippen LogP contribution is -2.18. The number of nitrogens with zero attached hydrogens (tertiary/aromatic N) is 1. The van der Waals surface area contributed by atoms with Gasteiger partial charge in [0.15, 0.2) is 0 Å². The summed E-state index contributed by atoms with van der Waals surface area (Å²) >= 11 is 1.56. The van der Waals surface area contributed by atoms with Crippen molar-refractivity contribution in [1.82, 2.24) is 5.43 Å². The summed E-state index contributed by atoms with van der Waals surface area (Å²) < 4.78 is 0. The first-order valence-electron chi connectivity index (χ1n) is 6.31. The quantitative estimate of drug-likeness (QED) is 0.673. The molecule has 2 N–H and O–H groups in total. The molecular formula is C15H15N3O2S. The van der Waals surface area contributed by atoms with Gasteiger partial charge in [-0.15, -0.1) is 11.3 Å². The van der Waals surface area contributed by atoms with Crippen molar-refractivity contribution in [2.45, 2.75) is 13.8 Å². The fraction of sp³-hybridized carbons (Fsp3) is 0.133. The Morgan fingerprint density at radius 2 is 2.10 bits per heavy atom. The minimum absolute atomic E-state index is 0.182. The first-order chi connectivity index (χ1) is 10.1. The summed E-state index contributed by atoms with van der Waals surface area (Å²) in [4.78, 5) is 24.0. The fourth-order valence-electron chi connectivity index (χ4n) is 1.67. The van der Waals surface area contributed by atoms with Crippen molar-refractivity contribution in [3.8, 4) is 0 Å². The van der Waals surface area contributed by atoms with Gasteiger partial charge in [-0.1, -0.05) is 6.07 Å². The van der Waals surface area contributed by atoms with Crippen LogP contribution in [0.3, 0.4) is 0 Å². The van der Waals surface area contributed by atoms with Gasteiger partial charge < -0.3 is 5.32 Å². The fourth-order valence-corrected chi connectivity index (χ4v) is 2.46. The first kappa shape index (κ1) is 14.9. The molecule has 0 radical (unpaired) electrons.